The van der Waals surface area contributed by atoms with Gasteiger partial charge in [-0.25, -0.2) is 4.79 Å². The average Bonchev–Trinajstić information content (AvgIpc) is 3.15. The second-order valence-electron chi connectivity index (χ2n) is 6.54. The Balaban J connectivity index is 1.51. The third kappa shape index (κ3) is 3.68. The van der Waals surface area contributed by atoms with Crippen molar-refractivity contribution in [3.63, 3.8) is 0 Å². The maximum Gasteiger partial charge on any atom is 0.339 e. The van der Waals surface area contributed by atoms with Gasteiger partial charge in [-0.3, -0.25) is 9.78 Å². The van der Waals surface area contributed by atoms with Gasteiger partial charge in [0.2, 0.25) is 0 Å². The molecule has 0 spiro atoms. The highest BCUT2D eigenvalue weighted by Gasteiger charge is 2.25. The number of nitrogens with one attached hydrogen (secondary N) is 1. The summed E-state index contributed by atoms with van der Waals surface area (Å²) >= 11 is 11.8. The number of para-hydroxylation sites is 1. The van der Waals surface area contributed by atoms with Crippen molar-refractivity contribution in [3.8, 4) is 0 Å². The number of hydrogen-bond donors (Lipinski definition) is 1. The molecule has 1 heterocycles. The largest absolute Gasteiger partial charge is 0.452 e. The van der Waals surface area contributed by atoms with E-state index in [2.05, 4.69) is 10.3 Å². The lowest BCUT2D eigenvalue weighted by atomic mass is 10.0. The summed E-state index contributed by atoms with van der Waals surface area (Å²) in [6.07, 6.45) is 2.59. The van der Waals surface area contributed by atoms with Gasteiger partial charge in [-0.2, -0.15) is 0 Å². The van der Waals surface area contributed by atoms with Crippen molar-refractivity contribution in [2.24, 2.45) is 0 Å². The van der Waals surface area contributed by atoms with Gasteiger partial charge >= 0.3 is 5.97 Å². The zero-order chi connectivity index (χ0) is 19.7. The van der Waals surface area contributed by atoms with Crippen LogP contribution in [0.2, 0.25) is 10.0 Å². The van der Waals surface area contributed by atoms with Crippen LogP contribution in [0, 0.1) is 0 Å². The van der Waals surface area contributed by atoms with Gasteiger partial charge < -0.3 is 10.1 Å². The van der Waals surface area contributed by atoms with Crippen LogP contribution in [-0.2, 0) is 22.4 Å². The first kappa shape index (κ1) is 18.7. The number of pyridine rings is 1. The van der Waals surface area contributed by atoms with Crippen LogP contribution in [-0.4, -0.2) is 23.5 Å². The molecule has 0 saturated carbocycles. The maximum absolute atomic E-state index is 12.8. The number of aryl methyl sites for hydroxylation is 1. The zero-order valence-electron chi connectivity index (χ0n) is 14.8. The lowest BCUT2D eigenvalue weighted by Gasteiger charge is -2.12. The summed E-state index contributed by atoms with van der Waals surface area (Å²) in [5.41, 5.74) is 3.61. The summed E-state index contributed by atoms with van der Waals surface area (Å²) in [5.74, 6) is -0.970. The Kier molecular flexibility index (Phi) is 5.20. The van der Waals surface area contributed by atoms with Gasteiger partial charge in [0.15, 0.2) is 6.61 Å². The van der Waals surface area contributed by atoms with Crippen molar-refractivity contribution in [1.29, 1.82) is 0 Å². The lowest BCUT2D eigenvalue weighted by molar-refractivity contribution is -0.119. The van der Waals surface area contributed by atoms with Gasteiger partial charge in [0.05, 0.1) is 21.1 Å². The summed E-state index contributed by atoms with van der Waals surface area (Å²) in [4.78, 5) is 29.6. The number of carbonyl (C=O) groups excluding carboxylic acids is 2. The fraction of sp³-hybridized carbons (Fsp3) is 0.190. The van der Waals surface area contributed by atoms with Crippen LogP contribution < -0.4 is 5.32 Å². The normalized spacial score (nSPS) is 12.6. The Hall–Kier alpha value is -2.63. The predicted octanol–water partition coefficient (Wildman–Crippen LogP) is 4.83. The minimum atomic E-state index is -0.513. The number of rotatable bonds is 4. The van der Waals surface area contributed by atoms with Crippen LogP contribution in [0.3, 0.4) is 0 Å². The average molecular weight is 415 g/mol. The molecule has 142 valence electrons. The zero-order valence-corrected chi connectivity index (χ0v) is 16.3. The molecule has 28 heavy (non-hydrogen) atoms. The molecule has 4 rings (SSSR count). The minimum absolute atomic E-state index is 0.329. The molecule has 0 fully saturated rings. The SMILES string of the molecule is O=C(COC(=O)c1c2c(nc3ccccc13)CCC2)Nc1ccc(Cl)c(Cl)c1. The van der Waals surface area contributed by atoms with E-state index in [4.69, 9.17) is 27.9 Å². The van der Waals surface area contributed by atoms with Crippen molar-refractivity contribution in [3.05, 3.63) is 69.3 Å². The number of halogens is 2. The van der Waals surface area contributed by atoms with Gasteiger partial charge in [-0.05, 0) is 49.1 Å². The van der Waals surface area contributed by atoms with Crippen LogP contribution in [0.5, 0.6) is 0 Å². The Bertz CT molecular complexity index is 1100. The Morgan fingerprint density at radius 1 is 1.07 bits per heavy atom. The number of nitrogens with zero attached hydrogens (tertiary/aromatic N) is 1. The van der Waals surface area contributed by atoms with Crippen molar-refractivity contribution in [2.45, 2.75) is 19.3 Å². The number of fused-ring (bicyclic) bond motifs is 2. The molecule has 1 aromatic heterocycles. The highest BCUT2D eigenvalue weighted by Crippen LogP contribution is 2.30. The van der Waals surface area contributed by atoms with Gasteiger partial charge in [0, 0.05) is 16.8 Å². The Morgan fingerprint density at radius 2 is 1.89 bits per heavy atom. The standard InChI is InChI=1S/C21H16Cl2N2O3/c22-15-9-8-12(10-16(15)23)24-19(26)11-28-21(27)20-13-4-1-2-6-17(13)25-18-7-3-5-14(18)20/h1-2,4,6,8-10H,3,5,7,11H2,(H,24,26). The molecule has 1 N–H and O–H groups in total. The van der Waals surface area contributed by atoms with E-state index in [1.807, 2.05) is 24.3 Å². The molecule has 0 radical (unpaired) electrons. The molecular formula is C21H16Cl2N2O3. The van der Waals surface area contributed by atoms with Crippen LogP contribution in [0.4, 0.5) is 5.69 Å². The number of aromatic nitrogens is 1. The van der Waals surface area contributed by atoms with Crippen LogP contribution in [0.1, 0.15) is 28.0 Å². The van der Waals surface area contributed by atoms with E-state index < -0.39 is 18.5 Å². The summed E-state index contributed by atoms with van der Waals surface area (Å²) < 4.78 is 5.31. The van der Waals surface area contributed by atoms with Crippen LogP contribution >= 0.6 is 23.2 Å². The fourth-order valence-electron chi connectivity index (χ4n) is 3.42. The lowest BCUT2D eigenvalue weighted by Crippen LogP contribution is -2.21. The highest BCUT2D eigenvalue weighted by atomic mass is 35.5. The first-order valence-electron chi connectivity index (χ1n) is 8.85. The second kappa shape index (κ2) is 7.78. The molecule has 7 heteroatoms. The molecule has 0 unspecified atom stereocenters. The summed E-state index contributed by atoms with van der Waals surface area (Å²) in [5, 5.41) is 4.10. The Labute approximate surface area is 171 Å². The molecule has 0 aliphatic heterocycles. The van der Waals surface area contributed by atoms with Crippen molar-refractivity contribution in [1.82, 2.24) is 4.98 Å². The molecule has 2 aromatic carbocycles. The van der Waals surface area contributed by atoms with Gasteiger partial charge in [0.1, 0.15) is 0 Å². The first-order chi connectivity index (χ1) is 13.5. The third-order valence-electron chi connectivity index (χ3n) is 4.66. The third-order valence-corrected chi connectivity index (χ3v) is 5.40. The molecule has 0 saturated heterocycles. The number of hydrogen-bond acceptors (Lipinski definition) is 4. The van der Waals surface area contributed by atoms with Gasteiger partial charge in [-0.1, -0.05) is 41.4 Å². The molecule has 1 aliphatic rings. The second-order valence-corrected chi connectivity index (χ2v) is 7.35. The van der Waals surface area contributed by atoms with E-state index in [-0.39, 0.29) is 0 Å². The van der Waals surface area contributed by atoms with E-state index in [1.54, 1.807) is 12.1 Å². The fourth-order valence-corrected chi connectivity index (χ4v) is 3.72. The predicted molar refractivity (Wildman–Crippen MR) is 109 cm³/mol. The number of carbonyl (C=O) groups is 2. The number of ether oxygens (including phenoxy) is 1. The molecule has 1 aliphatic carbocycles. The molecular weight excluding hydrogens is 399 g/mol. The quantitative estimate of drug-likeness (QED) is 0.620. The number of amides is 1. The summed E-state index contributed by atoms with van der Waals surface area (Å²) in [6, 6.07) is 12.2. The topological polar surface area (TPSA) is 68.3 Å². The molecule has 0 bridgehead atoms. The molecule has 1 amide bonds. The number of benzene rings is 2. The van der Waals surface area contributed by atoms with E-state index in [9.17, 15) is 9.59 Å². The van der Waals surface area contributed by atoms with Crippen LogP contribution in [0.15, 0.2) is 42.5 Å². The van der Waals surface area contributed by atoms with Crippen molar-refractivity contribution in [2.75, 3.05) is 11.9 Å². The van der Waals surface area contributed by atoms with Gasteiger partial charge in [-0.15, -0.1) is 0 Å². The highest BCUT2D eigenvalue weighted by molar-refractivity contribution is 6.42. The molecule has 3 aromatic rings. The van der Waals surface area contributed by atoms with Crippen molar-refractivity contribution >= 4 is 51.7 Å². The Morgan fingerprint density at radius 3 is 2.71 bits per heavy atom. The number of anilines is 1. The minimum Gasteiger partial charge on any atom is -0.452 e. The maximum atomic E-state index is 12.8. The number of esters is 1. The van der Waals surface area contributed by atoms with E-state index in [1.165, 1.54) is 6.07 Å². The summed E-state index contributed by atoms with van der Waals surface area (Å²) in [7, 11) is 0. The van der Waals surface area contributed by atoms with E-state index in [0.29, 0.717) is 21.3 Å². The first-order valence-corrected chi connectivity index (χ1v) is 9.61. The van der Waals surface area contributed by atoms with Gasteiger partial charge in [0.25, 0.3) is 5.91 Å². The summed E-state index contributed by atoms with van der Waals surface area (Å²) in [6.45, 7) is -0.398. The molecule has 5 nitrogen and oxygen atoms in total. The molecule has 0 atom stereocenters. The monoisotopic (exact) mass is 414 g/mol. The smallest absolute Gasteiger partial charge is 0.339 e. The van der Waals surface area contributed by atoms with Crippen LogP contribution in [0.25, 0.3) is 10.9 Å². The van der Waals surface area contributed by atoms with Crippen molar-refractivity contribution < 1.29 is 14.3 Å². The van der Waals surface area contributed by atoms with E-state index in [0.717, 1.165) is 41.4 Å². The van der Waals surface area contributed by atoms with E-state index >= 15 is 0 Å².